The molecule has 0 aliphatic carbocycles. The van der Waals surface area contributed by atoms with Crippen molar-refractivity contribution >= 4 is 17.5 Å². The Morgan fingerprint density at radius 2 is 2.00 bits per heavy atom. The Hall–Kier alpha value is -1.78. The smallest absolute Gasteiger partial charge is 0.255 e. The molecule has 2 aromatic rings. The minimum absolute atomic E-state index is 0.107. The number of rotatable bonds is 5. The van der Waals surface area contributed by atoms with E-state index in [1.807, 2.05) is 43.3 Å². The van der Waals surface area contributed by atoms with E-state index in [0.29, 0.717) is 17.1 Å². The van der Waals surface area contributed by atoms with Crippen LogP contribution in [0.4, 0.5) is 0 Å². The summed E-state index contributed by atoms with van der Waals surface area (Å²) in [6.07, 6.45) is 2.92. The SMILES string of the molecule is CN(C)CC(NC(=O)c1ccoc1)c1ccc(Cl)cc1. The molecule has 20 heavy (non-hydrogen) atoms. The van der Waals surface area contributed by atoms with E-state index in [0.717, 1.165) is 5.56 Å². The molecule has 1 unspecified atom stereocenters. The Kier molecular flexibility index (Phi) is 4.82. The molecule has 0 saturated carbocycles. The van der Waals surface area contributed by atoms with Crippen LogP contribution in [0.3, 0.4) is 0 Å². The van der Waals surface area contributed by atoms with Gasteiger partial charge in [0.05, 0.1) is 17.9 Å². The predicted molar refractivity (Wildman–Crippen MR) is 78.9 cm³/mol. The van der Waals surface area contributed by atoms with Crippen molar-refractivity contribution in [3.63, 3.8) is 0 Å². The van der Waals surface area contributed by atoms with Crippen molar-refractivity contribution in [3.05, 3.63) is 59.0 Å². The number of amides is 1. The maximum absolute atomic E-state index is 12.1. The number of hydrogen-bond acceptors (Lipinski definition) is 3. The Morgan fingerprint density at radius 1 is 1.30 bits per heavy atom. The van der Waals surface area contributed by atoms with Gasteiger partial charge in [0.2, 0.25) is 0 Å². The zero-order chi connectivity index (χ0) is 14.5. The van der Waals surface area contributed by atoms with Gasteiger partial charge in [0.25, 0.3) is 5.91 Å². The first kappa shape index (κ1) is 14.6. The lowest BCUT2D eigenvalue weighted by atomic mass is 10.1. The average molecular weight is 293 g/mol. The number of likely N-dealkylation sites (N-methyl/N-ethyl adjacent to an activating group) is 1. The Bertz CT molecular complexity index is 550. The maximum atomic E-state index is 12.1. The number of hydrogen-bond donors (Lipinski definition) is 1. The van der Waals surface area contributed by atoms with Gasteiger partial charge >= 0.3 is 0 Å². The molecule has 0 aliphatic rings. The fraction of sp³-hybridized carbons (Fsp3) is 0.267. The molecule has 1 N–H and O–H groups in total. The fourth-order valence-electron chi connectivity index (χ4n) is 1.93. The highest BCUT2D eigenvalue weighted by atomic mass is 35.5. The quantitative estimate of drug-likeness (QED) is 0.921. The molecule has 0 spiro atoms. The Morgan fingerprint density at radius 3 is 2.55 bits per heavy atom. The third-order valence-corrected chi connectivity index (χ3v) is 3.16. The highest BCUT2D eigenvalue weighted by molar-refractivity contribution is 6.30. The number of nitrogens with zero attached hydrogens (tertiary/aromatic N) is 1. The first-order valence-electron chi connectivity index (χ1n) is 6.29. The van der Waals surface area contributed by atoms with Crippen molar-refractivity contribution in [1.82, 2.24) is 10.2 Å². The van der Waals surface area contributed by atoms with Crippen molar-refractivity contribution in [2.24, 2.45) is 0 Å². The molecular formula is C15H17ClN2O2. The van der Waals surface area contributed by atoms with Crippen molar-refractivity contribution in [2.45, 2.75) is 6.04 Å². The molecule has 0 radical (unpaired) electrons. The summed E-state index contributed by atoms with van der Waals surface area (Å²) >= 11 is 5.90. The minimum Gasteiger partial charge on any atom is -0.472 e. The van der Waals surface area contributed by atoms with Crippen molar-refractivity contribution in [3.8, 4) is 0 Å². The Labute approximate surface area is 123 Å². The summed E-state index contributed by atoms with van der Waals surface area (Å²) in [4.78, 5) is 14.1. The van der Waals surface area contributed by atoms with E-state index in [-0.39, 0.29) is 11.9 Å². The summed E-state index contributed by atoms with van der Waals surface area (Å²) < 4.78 is 4.93. The molecule has 2 rings (SSSR count). The molecule has 0 aliphatic heterocycles. The van der Waals surface area contributed by atoms with Gasteiger partial charge in [-0.1, -0.05) is 23.7 Å². The van der Waals surface area contributed by atoms with E-state index in [1.54, 1.807) is 6.07 Å². The number of carbonyl (C=O) groups is 1. The van der Waals surface area contributed by atoms with Gasteiger partial charge < -0.3 is 14.6 Å². The molecule has 1 aromatic heterocycles. The van der Waals surface area contributed by atoms with Gasteiger partial charge in [0, 0.05) is 11.6 Å². The number of halogens is 1. The summed E-state index contributed by atoms with van der Waals surface area (Å²) in [5, 5.41) is 3.68. The van der Waals surface area contributed by atoms with Crippen LogP contribution in [0.25, 0.3) is 0 Å². The van der Waals surface area contributed by atoms with Crippen LogP contribution in [0.2, 0.25) is 5.02 Å². The average Bonchev–Trinajstić information content (AvgIpc) is 2.92. The summed E-state index contributed by atoms with van der Waals surface area (Å²) in [6.45, 7) is 0.700. The van der Waals surface area contributed by atoms with Gasteiger partial charge in [0.1, 0.15) is 6.26 Å². The van der Waals surface area contributed by atoms with Crippen LogP contribution < -0.4 is 5.32 Å². The molecule has 1 amide bonds. The van der Waals surface area contributed by atoms with Crippen molar-refractivity contribution in [2.75, 3.05) is 20.6 Å². The van der Waals surface area contributed by atoms with E-state index >= 15 is 0 Å². The van der Waals surface area contributed by atoms with Crippen LogP contribution in [0, 0.1) is 0 Å². The van der Waals surface area contributed by atoms with E-state index in [9.17, 15) is 4.79 Å². The second kappa shape index (κ2) is 6.59. The van der Waals surface area contributed by atoms with Gasteiger partial charge in [-0.25, -0.2) is 0 Å². The van der Waals surface area contributed by atoms with E-state index in [2.05, 4.69) is 5.32 Å². The molecule has 106 valence electrons. The second-order valence-corrected chi connectivity index (χ2v) is 5.29. The molecule has 1 atom stereocenters. The van der Waals surface area contributed by atoms with Crippen LogP contribution in [-0.2, 0) is 0 Å². The van der Waals surface area contributed by atoms with Crippen LogP contribution in [0.5, 0.6) is 0 Å². The monoisotopic (exact) mass is 292 g/mol. The van der Waals surface area contributed by atoms with E-state index in [1.165, 1.54) is 12.5 Å². The third kappa shape index (κ3) is 3.85. The second-order valence-electron chi connectivity index (χ2n) is 4.85. The lowest BCUT2D eigenvalue weighted by Crippen LogP contribution is -2.35. The van der Waals surface area contributed by atoms with Gasteiger partial charge in [-0.3, -0.25) is 4.79 Å². The fourth-order valence-corrected chi connectivity index (χ4v) is 2.06. The van der Waals surface area contributed by atoms with Gasteiger partial charge in [-0.15, -0.1) is 0 Å². The number of furan rings is 1. The van der Waals surface area contributed by atoms with E-state index in [4.69, 9.17) is 16.0 Å². The predicted octanol–water partition coefficient (Wildman–Crippen LogP) is 2.97. The Balaban J connectivity index is 2.15. The lowest BCUT2D eigenvalue weighted by molar-refractivity contribution is 0.0929. The summed E-state index contributed by atoms with van der Waals surface area (Å²) in [5.41, 5.74) is 1.53. The number of benzene rings is 1. The molecule has 0 fully saturated rings. The van der Waals surface area contributed by atoms with Crippen molar-refractivity contribution in [1.29, 1.82) is 0 Å². The minimum atomic E-state index is -0.152. The summed E-state index contributed by atoms with van der Waals surface area (Å²) in [5.74, 6) is -0.152. The first-order valence-corrected chi connectivity index (χ1v) is 6.67. The molecular weight excluding hydrogens is 276 g/mol. The maximum Gasteiger partial charge on any atom is 0.255 e. The number of nitrogens with one attached hydrogen (secondary N) is 1. The third-order valence-electron chi connectivity index (χ3n) is 2.91. The largest absolute Gasteiger partial charge is 0.472 e. The van der Waals surface area contributed by atoms with Gasteiger partial charge in [0.15, 0.2) is 0 Å². The summed E-state index contributed by atoms with van der Waals surface area (Å²) in [6, 6.07) is 9.03. The number of carbonyl (C=O) groups excluding carboxylic acids is 1. The molecule has 0 saturated heterocycles. The van der Waals surface area contributed by atoms with Crippen LogP contribution in [-0.4, -0.2) is 31.4 Å². The molecule has 5 heteroatoms. The molecule has 0 bridgehead atoms. The highest BCUT2D eigenvalue weighted by Crippen LogP contribution is 2.18. The van der Waals surface area contributed by atoms with Crippen molar-refractivity contribution < 1.29 is 9.21 Å². The van der Waals surface area contributed by atoms with E-state index < -0.39 is 0 Å². The molecule has 4 nitrogen and oxygen atoms in total. The lowest BCUT2D eigenvalue weighted by Gasteiger charge is -2.22. The molecule has 1 heterocycles. The van der Waals surface area contributed by atoms with Crippen LogP contribution in [0.1, 0.15) is 22.0 Å². The van der Waals surface area contributed by atoms with Gasteiger partial charge in [-0.05, 0) is 37.9 Å². The highest BCUT2D eigenvalue weighted by Gasteiger charge is 2.17. The summed E-state index contributed by atoms with van der Waals surface area (Å²) in [7, 11) is 3.93. The van der Waals surface area contributed by atoms with Crippen LogP contribution >= 0.6 is 11.6 Å². The topological polar surface area (TPSA) is 45.5 Å². The normalized spacial score (nSPS) is 12.4. The zero-order valence-electron chi connectivity index (χ0n) is 11.5. The van der Waals surface area contributed by atoms with Gasteiger partial charge in [-0.2, -0.15) is 0 Å². The standard InChI is InChI=1S/C15H17ClN2O2/c1-18(2)9-14(11-3-5-13(16)6-4-11)17-15(19)12-7-8-20-10-12/h3-8,10,14H,9H2,1-2H3,(H,17,19). The molecule has 1 aromatic carbocycles. The van der Waals surface area contributed by atoms with Crippen LogP contribution in [0.15, 0.2) is 47.3 Å². The zero-order valence-corrected chi connectivity index (χ0v) is 12.2. The first-order chi connectivity index (χ1) is 9.56.